The summed E-state index contributed by atoms with van der Waals surface area (Å²) in [7, 11) is 0.739. The third-order valence-electron chi connectivity index (χ3n) is 5.39. The summed E-state index contributed by atoms with van der Waals surface area (Å²) in [4.78, 5) is 27.3. The van der Waals surface area contributed by atoms with Gasteiger partial charge in [0, 0.05) is 20.2 Å². The van der Waals surface area contributed by atoms with Crippen LogP contribution in [0.25, 0.3) is 0 Å². The maximum absolute atomic E-state index is 14.8. The molecule has 3 aromatic rings. The number of benzene rings is 2. The monoisotopic (exact) mass is 503 g/mol. The lowest BCUT2D eigenvalue weighted by molar-refractivity contribution is -0.120. The second-order valence-electron chi connectivity index (χ2n) is 9.09. The fraction of sp³-hybridized carbons (Fsp3) is 0.292. The largest absolute Gasteiger partial charge is 0.491 e. The van der Waals surface area contributed by atoms with Gasteiger partial charge in [-0.3, -0.25) is 9.59 Å². The molecule has 0 spiro atoms. The Morgan fingerprint density at radius 1 is 1.14 bits per heavy atom. The number of halogens is 2. The summed E-state index contributed by atoms with van der Waals surface area (Å²) in [5.41, 5.74) is 0.898. The number of ether oxygens (including phenoxy) is 1. The number of aromatic hydroxyl groups is 1. The minimum atomic E-state index is -2.15. The SMILES string of the molecule is COCc1ccc(C(C(=O)Nc2cc(F)c([Si](C)(C)C)cc2F)N(C)C(=O)c2cc(O)no2)cc1. The number of nitrogens with one attached hydrogen (secondary N) is 1. The van der Waals surface area contributed by atoms with Crippen LogP contribution in [0.1, 0.15) is 27.7 Å². The number of amides is 2. The number of carbonyl (C=O) groups is 2. The van der Waals surface area contributed by atoms with Crippen molar-refractivity contribution in [2.45, 2.75) is 32.3 Å². The van der Waals surface area contributed by atoms with Gasteiger partial charge >= 0.3 is 0 Å². The van der Waals surface area contributed by atoms with Gasteiger partial charge in [-0.1, -0.05) is 43.9 Å². The maximum Gasteiger partial charge on any atom is 0.293 e. The van der Waals surface area contributed by atoms with Crippen molar-refractivity contribution in [3.63, 3.8) is 0 Å². The molecule has 2 aromatic carbocycles. The van der Waals surface area contributed by atoms with Gasteiger partial charge in [-0.2, -0.15) is 0 Å². The van der Waals surface area contributed by atoms with E-state index in [2.05, 4.69) is 10.5 Å². The third-order valence-corrected chi connectivity index (χ3v) is 7.39. The Kier molecular flexibility index (Phi) is 7.71. The van der Waals surface area contributed by atoms with Crippen LogP contribution >= 0.6 is 0 Å². The van der Waals surface area contributed by atoms with E-state index in [9.17, 15) is 23.5 Å². The predicted octanol–water partition coefficient (Wildman–Crippen LogP) is 3.80. The van der Waals surface area contributed by atoms with E-state index < -0.39 is 43.4 Å². The van der Waals surface area contributed by atoms with Crippen LogP contribution in [0, 0.1) is 11.6 Å². The predicted molar refractivity (Wildman–Crippen MR) is 128 cm³/mol. The number of rotatable bonds is 8. The molecule has 0 bridgehead atoms. The van der Waals surface area contributed by atoms with Crippen molar-refractivity contribution >= 4 is 30.8 Å². The molecule has 1 unspecified atom stereocenters. The van der Waals surface area contributed by atoms with Gasteiger partial charge in [0.25, 0.3) is 17.7 Å². The fourth-order valence-corrected chi connectivity index (χ4v) is 4.94. The molecule has 0 saturated carbocycles. The Labute approximate surface area is 202 Å². The lowest BCUT2D eigenvalue weighted by Gasteiger charge is -2.27. The quantitative estimate of drug-likeness (QED) is 0.453. The topological polar surface area (TPSA) is 105 Å². The summed E-state index contributed by atoms with van der Waals surface area (Å²) < 4.78 is 39.5. The van der Waals surface area contributed by atoms with Crippen LogP contribution in [0.5, 0.6) is 5.88 Å². The number of aromatic nitrogens is 1. The molecule has 8 nitrogen and oxygen atoms in total. The van der Waals surface area contributed by atoms with Crippen molar-refractivity contribution in [1.29, 1.82) is 0 Å². The molecule has 1 atom stereocenters. The summed E-state index contributed by atoms with van der Waals surface area (Å²) in [6.45, 7) is 5.99. The zero-order valence-corrected chi connectivity index (χ0v) is 21.1. The third kappa shape index (κ3) is 5.92. The van der Waals surface area contributed by atoms with E-state index in [1.165, 1.54) is 7.05 Å². The molecule has 0 radical (unpaired) electrons. The van der Waals surface area contributed by atoms with E-state index in [1.807, 2.05) is 19.6 Å². The maximum atomic E-state index is 14.8. The van der Waals surface area contributed by atoms with Gasteiger partial charge in [-0.15, -0.1) is 0 Å². The zero-order chi connectivity index (χ0) is 25.9. The highest BCUT2D eigenvalue weighted by Crippen LogP contribution is 2.26. The first-order chi connectivity index (χ1) is 16.4. The molecule has 186 valence electrons. The molecule has 35 heavy (non-hydrogen) atoms. The van der Waals surface area contributed by atoms with E-state index >= 15 is 0 Å². The van der Waals surface area contributed by atoms with Crippen LogP contribution in [0.4, 0.5) is 14.5 Å². The summed E-state index contributed by atoms with van der Waals surface area (Å²) >= 11 is 0. The van der Waals surface area contributed by atoms with Crippen LogP contribution in [-0.4, -0.2) is 49.2 Å². The number of likely N-dealkylation sites (N-methyl/N-ethyl adjacent to an activating group) is 1. The molecular formula is C24H27F2N3O5Si. The van der Waals surface area contributed by atoms with Crippen molar-refractivity contribution in [2.24, 2.45) is 0 Å². The zero-order valence-electron chi connectivity index (χ0n) is 20.1. The second-order valence-corrected chi connectivity index (χ2v) is 14.1. The lowest BCUT2D eigenvalue weighted by Crippen LogP contribution is -2.41. The molecule has 11 heteroatoms. The van der Waals surface area contributed by atoms with E-state index in [1.54, 1.807) is 31.4 Å². The second kappa shape index (κ2) is 10.4. The van der Waals surface area contributed by atoms with Gasteiger partial charge in [0.15, 0.2) is 0 Å². The smallest absolute Gasteiger partial charge is 0.293 e. The molecule has 0 aliphatic heterocycles. The number of nitrogens with zero attached hydrogens (tertiary/aromatic N) is 2. The van der Waals surface area contributed by atoms with Gasteiger partial charge in [0.2, 0.25) is 5.76 Å². The van der Waals surface area contributed by atoms with Gasteiger partial charge < -0.3 is 24.6 Å². The summed E-state index contributed by atoms with van der Waals surface area (Å²) in [6.07, 6.45) is 0. The summed E-state index contributed by atoms with van der Waals surface area (Å²) in [5, 5.41) is 15.4. The molecule has 0 aliphatic carbocycles. The van der Waals surface area contributed by atoms with Crippen molar-refractivity contribution in [3.8, 4) is 5.88 Å². The minimum Gasteiger partial charge on any atom is -0.491 e. The van der Waals surface area contributed by atoms with E-state index in [-0.39, 0.29) is 11.4 Å². The minimum absolute atomic E-state index is 0.296. The molecule has 1 aromatic heterocycles. The average Bonchev–Trinajstić information content (AvgIpc) is 3.22. The molecule has 1 heterocycles. The normalized spacial score (nSPS) is 12.3. The van der Waals surface area contributed by atoms with E-state index in [0.717, 1.165) is 28.7 Å². The highest BCUT2D eigenvalue weighted by molar-refractivity contribution is 6.88. The molecule has 0 fully saturated rings. The molecule has 2 amide bonds. The number of carbonyl (C=O) groups excluding carboxylic acids is 2. The van der Waals surface area contributed by atoms with Gasteiger partial charge in [-0.05, 0) is 27.5 Å². The van der Waals surface area contributed by atoms with Gasteiger partial charge in [0.05, 0.1) is 26.4 Å². The lowest BCUT2D eigenvalue weighted by atomic mass is 10.0. The van der Waals surface area contributed by atoms with E-state index in [0.29, 0.717) is 17.4 Å². The Balaban J connectivity index is 1.97. The van der Waals surface area contributed by atoms with Gasteiger partial charge in [0.1, 0.15) is 17.7 Å². The van der Waals surface area contributed by atoms with Crippen LogP contribution < -0.4 is 10.5 Å². The Hall–Kier alpha value is -3.57. The molecule has 0 aliphatic rings. The highest BCUT2D eigenvalue weighted by Gasteiger charge is 2.32. The molecule has 2 N–H and O–H groups in total. The summed E-state index contributed by atoms with van der Waals surface area (Å²) in [6, 6.07) is 8.54. The van der Waals surface area contributed by atoms with E-state index in [4.69, 9.17) is 9.26 Å². The first kappa shape index (κ1) is 26.0. The molecular weight excluding hydrogens is 476 g/mol. The molecule has 3 rings (SSSR count). The van der Waals surface area contributed by atoms with Crippen molar-refractivity contribution < 1.29 is 32.7 Å². The van der Waals surface area contributed by atoms with Gasteiger partial charge in [-0.25, -0.2) is 8.78 Å². The summed E-state index contributed by atoms with van der Waals surface area (Å²) in [5.74, 6) is -3.70. The molecule has 0 saturated heterocycles. The Morgan fingerprint density at radius 3 is 2.34 bits per heavy atom. The highest BCUT2D eigenvalue weighted by atomic mass is 28.3. The van der Waals surface area contributed by atoms with Crippen molar-refractivity contribution in [3.05, 3.63) is 71.0 Å². The number of hydrogen-bond donors (Lipinski definition) is 2. The van der Waals surface area contributed by atoms with Crippen molar-refractivity contribution in [1.82, 2.24) is 10.1 Å². The van der Waals surface area contributed by atoms with Crippen LogP contribution in [0.2, 0.25) is 19.6 Å². The van der Waals surface area contributed by atoms with Crippen LogP contribution in [0.15, 0.2) is 47.0 Å². The number of hydrogen-bond acceptors (Lipinski definition) is 6. The first-order valence-electron chi connectivity index (χ1n) is 10.7. The average molecular weight is 504 g/mol. The Morgan fingerprint density at radius 2 is 1.80 bits per heavy atom. The standard InChI is InChI=1S/C24H27F2N3O5Si/c1-29(24(32)19-12-21(30)28-34-19)22(15-8-6-14(7-9-15)13-33-2)23(31)27-18-10-17(26)20(11-16(18)25)35(3,4)5/h6-12,22H,13H2,1-5H3,(H,27,31)(H,28,30). The van der Waals surface area contributed by atoms with Crippen molar-refractivity contribution in [2.75, 3.05) is 19.5 Å². The fourth-order valence-electron chi connectivity index (χ4n) is 3.59. The number of methoxy groups -OCH3 is 1. The number of anilines is 1. The van der Waals surface area contributed by atoms with Crippen LogP contribution in [0.3, 0.4) is 0 Å². The van der Waals surface area contributed by atoms with Crippen LogP contribution in [-0.2, 0) is 16.1 Å². The first-order valence-corrected chi connectivity index (χ1v) is 14.2. The Bertz CT molecular complexity index is 1220.